The second kappa shape index (κ2) is 9.36. The van der Waals surface area contributed by atoms with Crippen molar-refractivity contribution in [3.05, 3.63) is 94.0 Å². The second-order valence-corrected chi connectivity index (χ2v) is 10.3. The monoisotopic (exact) mass is 503 g/mol. The summed E-state index contributed by atoms with van der Waals surface area (Å²) >= 11 is 0. The first kappa shape index (κ1) is 23.8. The van der Waals surface area contributed by atoms with Gasteiger partial charge in [-0.15, -0.1) is 0 Å². The molecule has 3 aromatic rings. The van der Waals surface area contributed by atoms with Gasteiger partial charge < -0.3 is 20.3 Å². The van der Waals surface area contributed by atoms with E-state index in [-0.39, 0.29) is 17.4 Å². The number of likely N-dealkylation sites (tertiary alicyclic amines) is 1. The number of hydrogen-bond acceptors (Lipinski definition) is 5. The molecule has 2 N–H and O–H groups in total. The molecule has 2 fully saturated rings. The molecule has 0 aromatic heterocycles. The Morgan fingerprint density at radius 1 is 0.946 bits per heavy atom. The van der Waals surface area contributed by atoms with E-state index < -0.39 is 11.6 Å². The Morgan fingerprint density at radius 3 is 2.51 bits per heavy atom. The van der Waals surface area contributed by atoms with Crippen LogP contribution in [0.1, 0.15) is 37.4 Å². The normalized spacial score (nSPS) is 17.7. The quantitative estimate of drug-likeness (QED) is 0.530. The molecule has 0 bridgehead atoms. The molecule has 0 atom stereocenters. The number of anilines is 2. The van der Waals surface area contributed by atoms with E-state index in [4.69, 9.17) is 4.74 Å². The highest BCUT2D eigenvalue weighted by Gasteiger charge is 2.48. The summed E-state index contributed by atoms with van der Waals surface area (Å²) in [4.78, 5) is 28.5. The summed E-state index contributed by atoms with van der Waals surface area (Å²) in [5.74, 6) is -1.66. The smallest absolute Gasteiger partial charge is 0.251 e. The Bertz CT molecular complexity index is 1400. The fourth-order valence-corrected chi connectivity index (χ4v) is 5.47. The first-order valence-corrected chi connectivity index (χ1v) is 12.5. The van der Waals surface area contributed by atoms with Crippen LogP contribution >= 0.6 is 0 Å². The molecule has 1 spiro atoms. The van der Waals surface area contributed by atoms with E-state index in [2.05, 4.69) is 15.5 Å². The molecule has 8 heteroatoms. The van der Waals surface area contributed by atoms with Gasteiger partial charge in [-0.05, 0) is 66.4 Å². The summed E-state index contributed by atoms with van der Waals surface area (Å²) in [6, 6.07) is 13.9. The molecule has 2 aliphatic heterocycles. The number of amides is 1. The summed E-state index contributed by atoms with van der Waals surface area (Å²) < 4.78 is 32.6. The average molecular weight is 504 g/mol. The number of ether oxygens (including phenoxy) is 1. The highest BCUT2D eigenvalue weighted by atomic mass is 19.1. The van der Waals surface area contributed by atoms with E-state index in [0.29, 0.717) is 47.2 Å². The lowest BCUT2D eigenvalue weighted by Gasteiger charge is -2.55. The third-order valence-corrected chi connectivity index (χ3v) is 7.49. The third-order valence-electron chi connectivity index (χ3n) is 7.49. The van der Waals surface area contributed by atoms with E-state index in [1.807, 2.05) is 12.1 Å². The van der Waals surface area contributed by atoms with Crippen LogP contribution < -0.4 is 10.6 Å². The van der Waals surface area contributed by atoms with Crippen molar-refractivity contribution in [1.29, 1.82) is 0 Å². The predicted octanol–water partition coefficient (Wildman–Crippen LogP) is 4.10. The van der Waals surface area contributed by atoms with E-state index in [9.17, 15) is 18.4 Å². The number of hydrogen-bond donors (Lipinski definition) is 2. The zero-order valence-electron chi connectivity index (χ0n) is 20.3. The van der Waals surface area contributed by atoms with Gasteiger partial charge in [0.05, 0.1) is 18.9 Å². The highest BCUT2D eigenvalue weighted by molar-refractivity contribution is 6.12. The van der Waals surface area contributed by atoms with Gasteiger partial charge in [-0.2, -0.15) is 0 Å². The maximum atomic E-state index is 14.1. The maximum Gasteiger partial charge on any atom is 0.251 e. The van der Waals surface area contributed by atoms with Crippen molar-refractivity contribution in [2.75, 3.05) is 44.7 Å². The van der Waals surface area contributed by atoms with Crippen molar-refractivity contribution in [3.8, 4) is 0 Å². The number of fused-ring (bicyclic) bond motifs is 2. The summed E-state index contributed by atoms with van der Waals surface area (Å²) in [5.41, 5.74) is 4.42. The fourth-order valence-electron chi connectivity index (χ4n) is 5.47. The van der Waals surface area contributed by atoms with E-state index in [1.165, 1.54) is 12.1 Å². The van der Waals surface area contributed by atoms with Crippen LogP contribution in [0.5, 0.6) is 0 Å². The molecule has 1 amide bonds. The first-order chi connectivity index (χ1) is 17.9. The molecule has 0 radical (unpaired) electrons. The van der Waals surface area contributed by atoms with Crippen LogP contribution in [0.4, 0.5) is 20.2 Å². The Labute approximate surface area is 213 Å². The van der Waals surface area contributed by atoms with Gasteiger partial charge in [0, 0.05) is 60.0 Å². The van der Waals surface area contributed by atoms with Gasteiger partial charge in [0.25, 0.3) is 5.91 Å². The molecule has 1 aliphatic carbocycles. The number of halogens is 2. The zero-order valence-corrected chi connectivity index (χ0v) is 20.3. The highest BCUT2D eigenvalue weighted by Crippen LogP contribution is 2.37. The predicted molar refractivity (Wildman–Crippen MR) is 135 cm³/mol. The molecule has 190 valence electrons. The van der Waals surface area contributed by atoms with Gasteiger partial charge in [0.1, 0.15) is 11.6 Å². The second-order valence-electron chi connectivity index (χ2n) is 10.3. The summed E-state index contributed by atoms with van der Waals surface area (Å²) in [7, 11) is 0. The van der Waals surface area contributed by atoms with Crippen molar-refractivity contribution in [2.45, 2.75) is 12.8 Å². The van der Waals surface area contributed by atoms with Gasteiger partial charge in [0.15, 0.2) is 5.78 Å². The van der Waals surface area contributed by atoms with Crippen LogP contribution in [-0.4, -0.2) is 56.0 Å². The number of aryl methyl sites for hydroxylation is 2. The Kier molecular flexibility index (Phi) is 6.01. The Morgan fingerprint density at radius 2 is 1.76 bits per heavy atom. The van der Waals surface area contributed by atoms with Gasteiger partial charge >= 0.3 is 0 Å². The molecule has 3 aromatic carbocycles. The molecular weight excluding hydrogens is 476 g/mol. The van der Waals surface area contributed by atoms with Crippen LogP contribution in [0.15, 0.2) is 54.6 Å². The van der Waals surface area contributed by atoms with Gasteiger partial charge in [0.2, 0.25) is 0 Å². The number of nitrogens with zero attached hydrogens (tertiary/aromatic N) is 1. The molecule has 0 saturated carbocycles. The summed E-state index contributed by atoms with van der Waals surface area (Å²) in [6.07, 6.45) is 1.27. The molecular formula is C29H27F2N3O3. The number of ketones is 1. The van der Waals surface area contributed by atoms with Crippen molar-refractivity contribution in [1.82, 2.24) is 10.2 Å². The molecule has 6 nitrogen and oxygen atoms in total. The van der Waals surface area contributed by atoms with E-state index in [0.717, 1.165) is 50.0 Å². The summed E-state index contributed by atoms with van der Waals surface area (Å²) in [6.45, 7) is 5.06. The Balaban J connectivity index is 1.13. The lowest BCUT2D eigenvalue weighted by atomic mass is 9.78. The zero-order chi connectivity index (χ0) is 25.6. The van der Waals surface area contributed by atoms with Crippen LogP contribution in [0.25, 0.3) is 0 Å². The molecule has 6 rings (SSSR count). The minimum Gasteiger partial charge on any atom is -0.380 e. The average Bonchev–Trinajstić information content (AvgIpc) is 2.97. The standard InChI is InChI=1S/C29H27F2N3O3/c30-21-5-8-26(25(31)13-21)33-22-6-7-23-19(11-22)3-1-18-2-4-20(12-24(18)27(23)35)28(36)32-9-10-34-14-29(15-34)16-37-17-29/h2,4-8,11-13,33H,1,3,9-10,14-17H2,(H,32,36). The lowest BCUT2D eigenvalue weighted by Crippen LogP contribution is -2.66. The number of benzene rings is 3. The summed E-state index contributed by atoms with van der Waals surface area (Å²) in [5, 5.41) is 5.93. The number of rotatable bonds is 6. The van der Waals surface area contributed by atoms with Crippen LogP contribution in [-0.2, 0) is 17.6 Å². The van der Waals surface area contributed by atoms with Gasteiger partial charge in [-0.1, -0.05) is 6.07 Å². The van der Waals surface area contributed by atoms with Crippen LogP contribution in [0.2, 0.25) is 0 Å². The number of nitrogens with one attached hydrogen (secondary N) is 2. The minimum atomic E-state index is -0.689. The molecule has 37 heavy (non-hydrogen) atoms. The minimum absolute atomic E-state index is 0.134. The Hall–Kier alpha value is -3.62. The SMILES string of the molecule is O=C(NCCN1CC2(COC2)C1)c1ccc2c(c1)C(=O)c1ccc(Nc3ccc(F)cc3F)cc1CC2. The van der Waals surface area contributed by atoms with Crippen LogP contribution in [0, 0.1) is 17.0 Å². The van der Waals surface area contributed by atoms with Crippen molar-refractivity contribution in [3.63, 3.8) is 0 Å². The molecule has 0 unspecified atom stereocenters. The largest absolute Gasteiger partial charge is 0.380 e. The van der Waals surface area contributed by atoms with Gasteiger partial charge in [-0.3, -0.25) is 9.59 Å². The molecule has 3 aliphatic rings. The van der Waals surface area contributed by atoms with Crippen molar-refractivity contribution >= 4 is 23.1 Å². The lowest BCUT2D eigenvalue weighted by molar-refractivity contribution is -0.188. The van der Waals surface area contributed by atoms with E-state index >= 15 is 0 Å². The van der Waals surface area contributed by atoms with Crippen molar-refractivity contribution < 1.29 is 23.1 Å². The van der Waals surface area contributed by atoms with Crippen LogP contribution in [0.3, 0.4) is 0 Å². The fraction of sp³-hybridized carbons (Fsp3) is 0.310. The number of carbonyl (C=O) groups is 2. The first-order valence-electron chi connectivity index (χ1n) is 12.5. The topological polar surface area (TPSA) is 70.7 Å². The van der Waals surface area contributed by atoms with Crippen molar-refractivity contribution in [2.24, 2.45) is 5.41 Å². The maximum absolute atomic E-state index is 14.1. The van der Waals surface area contributed by atoms with Gasteiger partial charge in [-0.25, -0.2) is 8.78 Å². The van der Waals surface area contributed by atoms with E-state index in [1.54, 1.807) is 24.3 Å². The molecule has 2 saturated heterocycles. The molecule has 2 heterocycles. The third kappa shape index (κ3) is 4.63. The number of carbonyl (C=O) groups excluding carboxylic acids is 2.